The lowest BCUT2D eigenvalue weighted by Gasteiger charge is -2.28. The van der Waals surface area contributed by atoms with Crippen molar-refractivity contribution in [2.75, 3.05) is 19.6 Å². The van der Waals surface area contributed by atoms with E-state index in [1.165, 1.54) is 17.7 Å². The number of aromatic nitrogens is 2. The maximum absolute atomic E-state index is 13.1. The van der Waals surface area contributed by atoms with Crippen molar-refractivity contribution >= 4 is 16.8 Å². The van der Waals surface area contributed by atoms with Gasteiger partial charge in [0.15, 0.2) is 5.69 Å². The Morgan fingerprint density at radius 2 is 1.87 bits per heavy atom. The lowest BCUT2D eigenvalue weighted by molar-refractivity contribution is 0.0953. The summed E-state index contributed by atoms with van der Waals surface area (Å²) in [6.45, 7) is 6.21. The lowest BCUT2D eigenvalue weighted by Crippen LogP contribution is -2.31. The summed E-state index contributed by atoms with van der Waals surface area (Å²) < 4.78 is 15.0. The van der Waals surface area contributed by atoms with Crippen molar-refractivity contribution in [3.63, 3.8) is 0 Å². The molecular formula is C25H29FN4O. The second-order valence-electron chi connectivity index (χ2n) is 8.06. The summed E-state index contributed by atoms with van der Waals surface area (Å²) in [6, 6.07) is 14.6. The number of para-hydroxylation sites is 1. The largest absolute Gasteiger partial charge is 0.347 e. The van der Waals surface area contributed by atoms with E-state index in [9.17, 15) is 9.18 Å². The van der Waals surface area contributed by atoms with E-state index in [1.807, 2.05) is 41.1 Å². The first-order chi connectivity index (χ1) is 15.1. The number of nitrogens with zero attached hydrogens (tertiary/aromatic N) is 3. The molecular weight excluding hydrogens is 391 g/mol. The van der Waals surface area contributed by atoms with Crippen molar-refractivity contribution in [2.24, 2.45) is 0 Å². The van der Waals surface area contributed by atoms with Crippen LogP contribution < -0.4 is 5.32 Å². The maximum atomic E-state index is 13.1. The lowest BCUT2D eigenvalue weighted by atomic mass is 10.0. The van der Waals surface area contributed by atoms with E-state index in [2.05, 4.69) is 28.3 Å². The molecule has 1 N–H and O–H groups in total. The molecule has 0 bridgehead atoms. The van der Waals surface area contributed by atoms with Gasteiger partial charge in [-0.1, -0.05) is 48.9 Å². The number of rotatable bonds is 7. The van der Waals surface area contributed by atoms with Crippen molar-refractivity contribution in [1.82, 2.24) is 20.0 Å². The zero-order valence-electron chi connectivity index (χ0n) is 18.0. The Morgan fingerprint density at radius 1 is 1.13 bits per heavy atom. The van der Waals surface area contributed by atoms with Crippen LogP contribution in [0.1, 0.15) is 42.2 Å². The number of hydrogen-bond acceptors (Lipinski definition) is 3. The average Bonchev–Trinajstić information content (AvgIpc) is 3.16. The first-order valence-electron chi connectivity index (χ1n) is 11.0. The zero-order chi connectivity index (χ0) is 21.6. The standard InChI is InChI=1S/C25H29FN4O/c1-2-15-30-23-6-4-3-5-22(23)24(28-30)25(31)27-14-11-19-12-16-29(17-13-19)18-20-7-9-21(26)10-8-20/h3-11H,2,12-18H2,1H3,(H,27,31). The number of carbonyl (C=O) groups is 1. The maximum Gasteiger partial charge on any atom is 0.272 e. The number of likely N-dealkylation sites (tertiary alicyclic amines) is 1. The van der Waals surface area contributed by atoms with Crippen LogP contribution in [0.15, 0.2) is 60.2 Å². The molecule has 1 aromatic heterocycles. The van der Waals surface area contributed by atoms with Gasteiger partial charge < -0.3 is 5.32 Å². The van der Waals surface area contributed by atoms with Crippen LogP contribution in [0.3, 0.4) is 0 Å². The van der Waals surface area contributed by atoms with Gasteiger partial charge in [-0.3, -0.25) is 14.4 Å². The molecule has 0 unspecified atom stereocenters. The summed E-state index contributed by atoms with van der Waals surface area (Å²) in [5.74, 6) is -0.323. The van der Waals surface area contributed by atoms with Crippen LogP contribution in [0, 0.1) is 5.82 Å². The quantitative estimate of drug-likeness (QED) is 0.571. The second-order valence-corrected chi connectivity index (χ2v) is 8.06. The Hall–Kier alpha value is -2.99. The fraction of sp³-hybridized carbons (Fsp3) is 0.360. The van der Waals surface area contributed by atoms with Gasteiger partial charge >= 0.3 is 0 Å². The molecule has 3 aromatic rings. The molecule has 0 aliphatic carbocycles. The number of amides is 1. The average molecular weight is 421 g/mol. The van der Waals surface area contributed by atoms with E-state index < -0.39 is 0 Å². The number of halogens is 1. The molecule has 1 fully saturated rings. The third kappa shape index (κ3) is 5.20. The number of piperidine rings is 1. The molecule has 6 heteroatoms. The molecule has 4 rings (SSSR count). The van der Waals surface area contributed by atoms with Crippen molar-refractivity contribution in [1.29, 1.82) is 0 Å². The molecule has 0 radical (unpaired) electrons. The van der Waals surface area contributed by atoms with E-state index in [0.717, 1.165) is 61.9 Å². The smallest absolute Gasteiger partial charge is 0.272 e. The fourth-order valence-corrected chi connectivity index (χ4v) is 4.10. The molecule has 1 amide bonds. The monoisotopic (exact) mass is 420 g/mol. The van der Waals surface area contributed by atoms with Crippen molar-refractivity contribution in [2.45, 2.75) is 39.3 Å². The Balaban J connectivity index is 1.30. The predicted molar refractivity (Wildman–Crippen MR) is 121 cm³/mol. The third-order valence-electron chi connectivity index (χ3n) is 5.78. The van der Waals surface area contributed by atoms with Gasteiger partial charge in [0, 0.05) is 38.1 Å². The number of aryl methyl sites for hydroxylation is 1. The first kappa shape index (κ1) is 21.2. The van der Waals surface area contributed by atoms with Crippen molar-refractivity contribution in [3.8, 4) is 0 Å². The molecule has 1 saturated heterocycles. The zero-order valence-corrected chi connectivity index (χ0v) is 18.0. The van der Waals surface area contributed by atoms with Crippen LogP contribution in [-0.2, 0) is 13.1 Å². The molecule has 0 spiro atoms. The van der Waals surface area contributed by atoms with Crippen molar-refractivity contribution < 1.29 is 9.18 Å². The minimum absolute atomic E-state index is 0.128. The number of carbonyl (C=O) groups excluding carboxylic acids is 1. The third-order valence-corrected chi connectivity index (χ3v) is 5.78. The predicted octanol–water partition coefficient (Wildman–Crippen LogP) is 4.54. The highest BCUT2D eigenvalue weighted by Crippen LogP contribution is 2.20. The summed E-state index contributed by atoms with van der Waals surface area (Å²) in [7, 11) is 0. The van der Waals surface area contributed by atoms with E-state index in [-0.39, 0.29) is 11.7 Å². The van der Waals surface area contributed by atoms with Crippen molar-refractivity contribution in [3.05, 3.63) is 77.3 Å². The number of fused-ring (bicyclic) bond motifs is 1. The molecule has 2 heterocycles. The van der Waals surface area contributed by atoms with Gasteiger partial charge in [-0.25, -0.2) is 4.39 Å². The molecule has 1 aliphatic heterocycles. The molecule has 1 aliphatic rings. The Bertz CT molecular complexity index is 1060. The SMILES string of the molecule is CCCn1nc(C(=O)NCC=C2CCN(Cc3ccc(F)cc3)CC2)c2ccccc21. The molecule has 31 heavy (non-hydrogen) atoms. The van der Waals surface area contributed by atoms with E-state index in [4.69, 9.17) is 0 Å². The van der Waals surface area contributed by atoms with Crippen LogP contribution in [-0.4, -0.2) is 40.2 Å². The number of nitrogens with one attached hydrogen (secondary N) is 1. The van der Waals surface area contributed by atoms with E-state index in [0.29, 0.717) is 12.2 Å². The Kier molecular flexibility index (Phi) is 6.77. The highest BCUT2D eigenvalue weighted by Gasteiger charge is 2.17. The number of benzene rings is 2. The topological polar surface area (TPSA) is 50.2 Å². The first-order valence-corrected chi connectivity index (χ1v) is 11.0. The van der Waals surface area contributed by atoms with Gasteiger partial charge in [0.1, 0.15) is 5.82 Å². The minimum atomic E-state index is -0.195. The summed E-state index contributed by atoms with van der Waals surface area (Å²) in [6.07, 6.45) is 5.09. The molecule has 2 aromatic carbocycles. The molecule has 0 saturated carbocycles. The van der Waals surface area contributed by atoms with E-state index >= 15 is 0 Å². The van der Waals surface area contributed by atoms with Gasteiger partial charge in [0.25, 0.3) is 5.91 Å². The highest BCUT2D eigenvalue weighted by molar-refractivity contribution is 6.04. The van der Waals surface area contributed by atoms with Gasteiger partial charge in [0.05, 0.1) is 5.52 Å². The van der Waals surface area contributed by atoms with Gasteiger partial charge in [-0.2, -0.15) is 5.10 Å². The highest BCUT2D eigenvalue weighted by atomic mass is 19.1. The van der Waals surface area contributed by atoms with Gasteiger partial charge in [-0.05, 0) is 43.0 Å². The molecule has 0 atom stereocenters. The Labute approximate surface area is 182 Å². The van der Waals surface area contributed by atoms with Gasteiger partial charge in [-0.15, -0.1) is 0 Å². The van der Waals surface area contributed by atoms with Crippen LogP contribution in [0.4, 0.5) is 4.39 Å². The number of hydrogen-bond donors (Lipinski definition) is 1. The van der Waals surface area contributed by atoms with Crippen LogP contribution in [0.5, 0.6) is 0 Å². The summed E-state index contributed by atoms with van der Waals surface area (Å²) in [5, 5.41) is 8.46. The van der Waals surface area contributed by atoms with Gasteiger partial charge in [0.2, 0.25) is 0 Å². The summed E-state index contributed by atoms with van der Waals surface area (Å²) in [4.78, 5) is 15.1. The van der Waals surface area contributed by atoms with Crippen LogP contribution in [0.2, 0.25) is 0 Å². The molecule has 162 valence electrons. The Morgan fingerprint density at radius 3 is 2.61 bits per heavy atom. The van der Waals surface area contributed by atoms with E-state index in [1.54, 1.807) is 0 Å². The molecule has 5 nitrogen and oxygen atoms in total. The normalized spacial score (nSPS) is 14.7. The second kappa shape index (κ2) is 9.88. The summed E-state index contributed by atoms with van der Waals surface area (Å²) in [5.41, 5.74) is 4.01. The minimum Gasteiger partial charge on any atom is -0.347 e. The summed E-state index contributed by atoms with van der Waals surface area (Å²) >= 11 is 0. The van der Waals surface area contributed by atoms with Crippen LogP contribution in [0.25, 0.3) is 10.9 Å². The fourth-order valence-electron chi connectivity index (χ4n) is 4.10. The van der Waals surface area contributed by atoms with Crippen LogP contribution >= 0.6 is 0 Å².